The summed E-state index contributed by atoms with van der Waals surface area (Å²) in [6.07, 6.45) is 8.32. The van der Waals surface area contributed by atoms with E-state index in [1.807, 2.05) is 0 Å². The molecule has 23 heavy (non-hydrogen) atoms. The lowest BCUT2D eigenvalue weighted by Gasteiger charge is -2.18. The molecule has 0 heterocycles. The third kappa shape index (κ3) is 14.2. The summed E-state index contributed by atoms with van der Waals surface area (Å²) in [5.41, 5.74) is 0. The molecular weight excluding hydrogens is 296 g/mol. The number of rotatable bonds is 15. The van der Waals surface area contributed by atoms with Gasteiger partial charge in [0.2, 0.25) is 0 Å². The van der Waals surface area contributed by atoms with Crippen LogP contribution in [0, 0.1) is 0 Å². The molecule has 0 aliphatic carbocycles. The topological polar surface area (TPSA) is 61.8 Å². The molecule has 0 aromatic heterocycles. The van der Waals surface area contributed by atoms with Crippen molar-refractivity contribution in [2.75, 3.05) is 20.3 Å². The maximum atomic E-state index is 11.9. The Bertz CT molecular complexity index is 304. The molecular formula is C18H34O5. The van der Waals surface area contributed by atoms with Gasteiger partial charge in [-0.15, -0.1) is 0 Å². The molecule has 0 N–H and O–H groups in total. The minimum atomic E-state index is -0.253. The van der Waals surface area contributed by atoms with Crippen LogP contribution in [0.15, 0.2) is 0 Å². The number of ether oxygens (including phenoxy) is 3. The van der Waals surface area contributed by atoms with E-state index in [4.69, 9.17) is 14.2 Å². The Morgan fingerprint density at radius 1 is 0.870 bits per heavy atom. The van der Waals surface area contributed by atoms with Gasteiger partial charge < -0.3 is 14.2 Å². The Hall–Kier alpha value is -1.10. The van der Waals surface area contributed by atoms with Crippen molar-refractivity contribution in [3.63, 3.8) is 0 Å². The molecule has 0 saturated heterocycles. The van der Waals surface area contributed by atoms with Crippen LogP contribution in [0.2, 0.25) is 0 Å². The maximum Gasteiger partial charge on any atom is 0.306 e. The molecule has 0 radical (unpaired) electrons. The van der Waals surface area contributed by atoms with E-state index in [1.54, 1.807) is 14.0 Å². The zero-order chi connectivity index (χ0) is 17.3. The zero-order valence-corrected chi connectivity index (χ0v) is 15.1. The zero-order valence-electron chi connectivity index (χ0n) is 15.1. The van der Waals surface area contributed by atoms with Crippen LogP contribution in [-0.4, -0.2) is 38.4 Å². The van der Waals surface area contributed by atoms with Gasteiger partial charge >= 0.3 is 11.9 Å². The molecule has 0 saturated carbocycles. The smallest absolute Gasteiger partial charge is 0.306 e. The highest BCUT2D eigenvalue weighted by Gasteiger charge is 2.14. The van der Waals surface area contributed by atoms with Crippen LogP contribution in [0.1, 0.15) is 78.1 Å². The molecule has 5 heteroatoms. The molecule has 0 aliphatic heterocycles. The molecule has 0 aromatic rings. The number of carbonyl (C=O) groups excluding carboxylic acids is 2. The molecule has 0 aliphatic rings. The van der Waals surface area contributed by atoms with Crippen LogP contribution in [-0.2, 0) is 23.8 Å². The fraction of sp³-hybridized carbons (Fsp3) is 0.889. The summed E-state index contributed by atoms with van der Waals surface area (Å²) < 4.78 is 15.5. The van der Waals surface area contributed by atoms with E-state index < -0.39 is 0 Å². The second-order valence-corrected chi connectivity index (χ2v) is 5.75. The van der Waals surface area contributed by atoms with Crippen LogP contribution < -0.4 is 0 Å². The van der Waals surface area contributed by atoms with Gasteiger partial charge in [-0.25, -0.2) is 0 Å². The first kappa shape index (κ1) is 21.9. The fourth-order valence-corrected chi connectivity index (χ4v) is 2.37. The largest absolute Gasteiger partial charge is 0.466 e. The minimum Gasteiger partial charge on any atom is -0.466 e. The van der Waals surface area contributed by atoms with Gasteiger partial charge in [-0.05, 0) is 39.0 Å². The summed E-state index contributed by atoms with van der Waals surface area (Å²) in [6.45, 7) is 5.02. The summed E-state index contributed by atoms with van der Waals surface area (Å²) in [4.78, 5) is 23.1. The second kappa shape index (κ2) is 15.8. The van der Waals surface area contributed by atoms with Gasteiger partial charge in [0, 0.05) is 26.6 Å². The average Bonchev–Trinajstić information content (AvgIpc) is 2.51. The molecule has 5 nitrogen and oxygen atoms in total. The van der Waals surface area contributed by atoms with Gasteiger partial charge in [-0.1, -0.05) is 26.2 Å². The Labute approximate surface area is 141 Å². The normalized spacial score (nSPS) is 12.0. The predicted octanol–water partition coefficient (Wildman–Crippen LogP) is 4.03. The van der Waals surface area contributed by atoms with Gasteiger partial charge in [0.15, 0.2) is 0 Å². The van der Waals surface area contributed by atoms with Crippen molar-refractivity contribution < 1.29 is 23.8 Å². The van der Waals surface area contributed by atoms with Crippen molar-refractivity contribution in [1.82, 2.24) is 0 Å². The summed E-state index contributed by atoms with van der Waals surface area (Å²) in [5.74, 6) is -0.469. The van der Waals surface area contributed by atoms with E-state index in [1.165, 1.54) is 19.3 Å². The van der Waals surface area contributed by atoms with Gasteiger partial charge in [0.1, 0.15) is 6.10 Å². The van der Waals surface area contributed by atoms with Crippen molar-refractivity contribution >= 4 is 11.9 Å². The molecule has 0 rings (SSSR count). The lowest BCUT2D eigenvalue weighted by molar-refractivity contribution is -0.150. The third-order valence-corrected chi connectivity index (χ3v) is 3.62. The van der Waals surface area contributed by atoms with Gasteiger partial charge in [-0.2, -0.15) is 0 Å². The molecule has 136 valence electrons. The van der Waals surface area contributed by atoms with Gasteiger partial charge in [-0.3, -0.25) is 9.59 Å². The Balaban J connectivity index is 4.01. The quantitative estimate of drug-likeness (QED) is 0.335. The molecule has 0 aromatic carbocycles. The summed E-state index contributed by atoms with van der Waals surface area (Å²) in [7, 11) is 1.68. The number of unbranched alkanes of at least 4 members (excludes halogenated alkanes) is 3. The molecule has 0 fully saturated rings. The van der Waals surface area contributed by atoms with E-state index >= 15 is 0 Å². The summed E-state index contributed by atoms with van der Waals surface area (Å²) >= 11 is 0. The van der Waals surface area contributed by atoms with E-state index in [0.717, 1.165) is 25.7 Å². The highest BCUT2D eigenvalue weighted by Crippen LogP contribution is 2.15. The van der Waals surface area contributed by atoms with E-state index in [9.17, 15) is 9.59 Å². The van der Waals surface area contributed by atoms with E-state index in [2.05, 4.69) is 6.92 Å². The maximum absolute atomic E-state index is 11.9. The van der Waals surface area contributed by atoms with Crippen LogP contribution in [0.25, 0.3) is 0 Å². The molecule has 1 atom stereocenters. The first-order valence-electron chi connectivity index (χ1n) is 8.98. The molecule has 0 spiro atoms. The van der Waals surface area contributed by atoms with Crippen LogP contribution in [0.3, 0.4) is 0 Å². The first-order chi connectivity index (χ1) is 11.1. The Morgan fingerprint density at radius 2 is 1.57 bits per heavy atom. The highest BCUT2D eigenvalue weighted by molar-refractivity contribution is 5.72. The molecule has 0 amide bonds. The van der Waals surface area contributed by atoms with Crippen LogP contribution >= 0.6 is 0 Å². The standard InChI is InChI=1S/C18H34O5/c1-4-6-7-8-11-16(12-10-15-21-3)23-18(20)14-9-13-17(19)22-5-2/h16H,4-15H2,1-3H3. The third-order valence-electron chi connectivity index (χ3n) is 3.62. The number of hydrogen-bond acceptors (Lipinski definition) is 5. The second-order valence-electron chi connectivity index (χ2n) is 5.75. The van der Waals surface area contributed by atoms with Crippen molar-refractivity contribution in [2.24, 2.45) is 0 Å². The fourth-order valence-electron chi connectivity index (χ4n) is 2.37. The average molecular weight is 330 g/mol. The molecule has 0 bridgehead atoms. The number of hydrogen-bond donors (Lipinski definition) is 0. The Kier molecular flexibility index (Phi) is 15.0. The van der Waals surface area contributed by atoms with Crippen LogP contribution in [0.5, 0.6) is 0 Å². The summed E-state index contributed by atoms with van der Waals surface area (Å²) in [6, 6.07) is 0. The summed E-state index contributed by atoms with van der Waals surface area (Å²) in [5, 5.41) is 0. The predicted molar refractivity (Wildman–Crippen MR) is 90.2 cm³/mol. The Morgan fingerprint density at radius 3 is 2.22 bits per heavy atom. The van der Waals surface area contributed by atoms with Crippen molar-refractivity contribution in [3.8, 4) is 0 Å². The lowest BCUT2D eigenvalue weighted by atomic mass is 10.1. The van der Waals surface area contributed by atoms with Crippen molar-refractivity contribution in [1.29, 1.82) is 0 Å². The van der Waals surface area contributed by atoms with Crippen LogP contribution in [0.4, 0.5) is 0 Å². The number of esters is 2. The molecule has 1 unspecified atom stereocenters. The highest BCUT2D eigenvalue weighted by atomic mass is 16.5. The first-order valence-corrected chi connectivity index (χ1v) is 8.98. The van der Waals surface area contributed by atoms with Crippen molar-refractivity contribution in [2.45, 2.75) is 84.2 Å². The van der Waals surface area contributed by atoms with Gasteiger partial charge in [0.05, 0.1) is 6.61 Å². The van der Waals surface area contributed by atoms with Crippen molar-refractivity contribution in [3.05, 3.63) is 0 Å². The minimum absolute atomic E-state index is 0.0305. The lowest BCUT2D eigenvalue weighted by Crippen LogP contribution is -2.19. The number of carbonyl (C=O) groups is 2. The number of methoxy groups -OCH3 is 1. The monoisotopic (exact) mass is 330 g/mol. The SMILES string of the molecule is CCCCCCC(CCCOC)OC(=O)CCCC(=O)OCC. The van der Waals surface area contributed by atoms with E-state index in [0.29, 0.717) is 19.6 Å². The van der Waals surface area contributed by atoms with E-state index in [-0.39, 0.29) is 30.9 Å². The van der Waals surface area contributed by atoms with Gasteiger partial charge in [0.25, 0.3) is 0 Å².